The molecule has 15 nitrogen and oxygen atoms in total. The molecule has 8 rings (SSSR count). The lowest BCUT2D eigenvalue weighted by Gasteiger charge is -2.27. The lowest BCUT2D eigenvalue weighted by atomic mass is 9.83. The summed E-state index contributed by atoms with van der Waals surface area (Å²) in [5.74, 6) is -0.387. The van der Waals surface area contributed by atoms with Crippen LogP contribution in [-0.2, 0) is 30.5 Å². The number of aliphatic hydroxyl groups is 2. The minimum atomic E-state index is -3.33. The molecule has 2 aromatic heterocycles. The van der Waals surface area contributed by atoms with Crippen molar-refractivity contribution >= 4 is 54.8 Å². The highest BCUT2D eigenvalue weighted by molar-refractivity contribution is 7.91. The van der Waals surface area contributed by atoms with E-state index in [0.717, 1.165) is 44.8 Å². The number of nitrogens with two attached hydrogens (primary N) is 1. The van der Waals surface area contributed by atoms with Gasteiger partial charge in [-0.1, -0.05) is 108 Å². The summed E-state index contributed by atoms with van der Waals surface area (Å²) in [5.41, 5.74) is 9.23. The molecule has 1 amide bonds. The van der Waals surface area contributed by atoms with Gasteiger partial charge >= 0.3 is 5.97 Å². The molecule has 79 heavy (non-hydrogen) atoms. The zero-order chi connectivity index (χ0) is 58.5. The summed E-state index contributed by atoms with van der Waals surface area (Å²) < 4.78 is 51.5. The van der Waals surface area contributed by atoms with Gasteiger partial charge in [-0.3, -0.25) is 4.79 Å². The molecule has 19 heteroatoms. The molecule has 0 aliphatic carbocycles. The Morgan fingerprint density at radius 1 is 0.544 bits per heavy atom. The number of carboxylic acid groups (broad SMARTS) is 1. The molecule has 0 saturated carbocycles. The zero-order valence-electron chi connectivity index (χ0n) is 45.7. The number of aliphatic hydroxyl groups excluding tert-OH is 2. The van der Waals surface area contributed by atoms with Crippen LogP contribution in [0.2, 0.25) is 10.0 Å². The molecule has 0 aliphatic rings. The molecule has 0 atom stereocenters. The van der Waals surface area contributed by atoms with Crippen LogP contribution in [0.4, 0.5) is 0 Å². The van der Waals surface area contributed by atoms with Gasteiger partial charge in [0.25, 0.3) is 5.91 Å². The zero-order valence-corrected chi connectivity index (χ0v) is 48.8. The summed E-state index contributed by atoms with van der Waals surface area (Å²) in [6, 6.07) is 43.5. The number of aromatic carboxylic acids is 1. The van der Waals surface area contributed by atoms with E-state index in [1.165, 1.54) is 18.7 Å². The summed E-state index contributed by atoms with van der Waals surface area (Å²) in [7, 11) is -6.65. The lowest BCUT2D eigenvalue weighted by molar-refractivity contribution is 0.0690. The Morgan fingerprint density at radius 2 is 0.911 bits per heavy atom. The van der Waals surface area contributed by atoms with Crippen LogP contribution in [0.25, 0.3) is 33.6 Å². The van der Waals surface area contributed by atoms with E-state index in [0.29, 0.717) is 21.7 Å². The number of carbonyl (C=O) groups excluding carboxylic acids is 1. The van der Waals surface area contributed by atoms with Gasteiger partial charge in [0.15, 0.2) is 25.4 Å². The van der Waals surface area contributed by atoms with E-state index in [-0.39, 0.29) is 34.4 Å². The van der Waals surface area contributed by atoms with Gasteiger partial charge in [0.2, 0.25) is 0 Å². The van der Waals surface area contributed by atoms with E-state index in [4.69, 9.17) is 39.0 Å². The summed E-state index contributed by atoms with van der Waals surface area (Å²) in [5, 5.41) is 31.5. The molecule has 416 valence electrons. The quantitative estimate of drug-likeness (QED) is 0.0645. The number of imidazole rings is 2. The van der Waals surface area contributed by atoms with Crippen molar-refractivity contribution in [1.82, 2.24) is 24.4 Å². The molecule has 0 fully saturated rings. The van der Waals surface area contributed by atoms with Crippen LogP contribution in [0.15, 0.2) is 168 Å². The van der Waals surface area contributed by atoms with E-state index >= 15 is 0 Å². The number of halogens is 2. The van der Waals surface area contributed by atoms with E-state index in [9.17, 15) is 36.6 Å². The number of hydrogen-bond acceptors (Lipinski definition) is 11. The van der Waals surface area contributed by atoms with Crippen molar-refractivity contribution in [3.05, 3.63) is 202 Å². The molecule has 0 saturated heterocycles. The van der Waals surface area contributed by atoms with Gasteiger partial charge in [-0.2, -0.15) is 0 Å². The SMILES string of the molecule is CC(C)(CO)NC(=O)c1cn(-c2ccc(-c3cccc(S(C)(=O)=O)c3)cc2)c(C(C)(C)c2ccccc2Cl)n1.CC(C)(N)CO.CC(C)(c1ccccc1Cl)c1nc(C(=O)O)cn1-c1ccc(-c2cccc(S(C)(=O)=O)c2)cc1. The molecular formula is C60H66Cl2N6O9S2. The van der Waals surface area contributed by atoms with Crippen LogP contribution in [-0.4, -0.2) is 99.9 Å². The number of carbonyl (C=O) groups is 2. The minimum Gasteiger partial charge on any atom is -0.476 e. The number of amides is 1. The third-order valence-corrected chi connectivity index (χ3v) is 15.7. The first-order chi connectivity index (χ1) is 36.8. The Balaban J connectivity index is 0.000000233. The lowest BCUT2D eigenvalue weighted by Crippen LogP contribution is -2.46. The fourth-order valence-corrected chi connectivity index (χ4v) is 10.4. The fraction of sp³-hybridized carbons (Fsp3) is 0.267. The van der Waals surface area contributed by atoms with Crippen LogP contribution in [0, 0.1) is 0 Å². The van der Waals surface area contributed by atoms with Gasteiger partial charge in [-0.25, -0.2) is 31.6 Å². The minimum absolute atomic E-state index is 0.0486. The largest absolute Gasteiger partial charge is 0.476 e. The maximum Gasteiger partial charge on any atom is 0.356 e. The number of rotatable bonds is 15. The van der Waals surface area contributed by atoms with Gasteiger partial charge in [-0.05, 0) is 149 Å². The normalized spacial score (nSPS) is 12.2. The van der Waals surface area contributed by atoms with E-state index in [1.54, 1.807) is 80.9 Å². The predicted octanol–water partition coefficient (Wildman–Crippen LogP) is 10.8. The van der Waals surface area contributed by atoms with Crippen LogP contribution in [0.1, 0.15) is 99.1 Å². The van der Waals surface area contributed by atoms with Gasteiger partial charge in [0, 0.05) is 62.7 Å². The predicted molar refractivity (Wildman–Crippen MR) is 312 cm³/mol. The van der Waals surface area contributed by atoms with Gasteiger partial charge in [0.1, 0.15) is 17.3 Å². The molecular weight excluding hydrogens is 1080 g/mol. The van der Waals surface area contributed by atoms with E-state index < -0.39 is 53.5 Å². The number of aromatic nitrogens is 4. The molecule has 0 radical (unpaired) electrons. The molecule has 0 bridgehead atoms. The van der Waals surface area contributed by atoms with Crippen LogP contribution >= 0.6 is 23.2 Å². The van der Waals surface area contributed by atoms with Gasteiger partial charge in [-0.15, -0.1) is 0 Å². The molecule has 0 unspecified atom stereocenters. The van der Waals surface area contributed by atoms with Crippen molar-refractivity contribution in [2.75, 3.05) is 25.7 Å². The number of nitrogens with zero attached hydrogens (tertiary/aromatic N) is 4. The molecule has 6 aromatic carbocycles. The average molecular weight is 1150 g/mol. The van der Waals surface area contributed by atoms with Gasteiger partial charge in [0.05, 0.1) is 28.5 Å². The maximum absolute atomic E-state index is 13.1. The molecule has 0 aliphatic heterocycles. The highest BCUT2D eigenvalue weighted by Crippen LogP contribution is 2.39. The Kier molecular flexibility index (Phi) is 18.8. The standard InChI is InChI=1S/C30H32ClN3O4S.C26H23ClN2O4S.C4H11NO/c1-29(2,19-35)33-27(36)26-18-34(28(32-26)30(3,4)24-11-6-7-12-25(24)31)22-15-13-20(14-16-22)21-9-8-10-23(17-21)39(5,37)38;1-26(2,21-9-4-5-10-22(21)27)25-28-23(24(30)31)16-29(25)19-13-11-17(12-14-19)18-7-6-8-20(15-18)34(3,32)33;1-4(2,5)3-6/h6-18,35H,19H2,1-5H3,(H,33,36);4-16H,1-3H3,(H,30,31);6H,3,5H2,1-2H3. The topological polar surface area (TPSA) is 237 Å². The van der Waals surface area contributed by atoms with E-state index in [1.807, 2.05) is 135 Å². The van der Waals surface area contributed by atoms with Crippen LogP contribution < -0.4 is 11.1 Å². The number of sulfone groups is 2. The van der Waals surface area contributed by atoms with Gasteiger partial charge < -0.3 is 35.5 Å². The monoisotopic (exact) mass is 1150 g/mol. The fourth-order valence-electron chi connectivity index (χ4n) is 8.28. The summed E-state index contributed by atoms with van der Waals surface area (Å²) in [6.45, 7) is 14.7. The Labute approximate surface area is 472 Å². The molecule has 0 spiro atoms. The van der Waals surface area contributed by atoms with Crippen LogP contribution in [0.5, 0.6) is 0 Å². The Morgan fingerprint density at radius 3 is 1.25 bits per heavy atom. The molecule has 2 heterocycles. The first kappa shape index (κ1) is 61.3. The van der Waals surface area contributed by atoms with Crippen molar-refractivity contribution in [1.29, 1.82) is 0 Å². The number of benzene rings is 6. The first-order valence-corrected chi connectivity index (χ1v) is 29.4. The second-order valence-corrected chi connectivity index (χ2v) is 26.3. The summed E-state index contributed by atoms with van der Waals surface area (Å²) in [6.07, 6.45) is 5.54. The third kappa shape index (κ3) is 15.0. The first-order valence-electron chi connectivity index (χ1n) is 24.9. The van der Waals surface area contributed by atoms with Crippen molar-refractivity contribution in [3.8, 4) is 33.6 Å². The van der Waals surface area contributed by atoms with Crippen molar-refractivity contribution in [3.63, 3.8) is 0 Å². The second-order valence-electron chi connectivity index (χ2n) is 21.5. The number of hydrogen-bond donors (Lipinski definition) is 5. The average Bonchev–Trinajstić information content (AvgIpc) is 4.32. The van der Waals surface area contributed by atoms with Crippen molar-refractivity contribution in [2.45, 2.75) is 87.1 Å². The maximum atomic E-state index is 13.1. The van der Waals surface area contributed by atoms with Crippen LogP contribution in [0.3, 0.4) is 0 Å². The summed E-state index contributed by atoms with van der Waals surface area (Å²) >= 11 is 13.0. The highest BCUT2D eigenvalue weighted by Gasteiger charge is 2.34. The second kappa shape index (κ2) is 24.2. The molecule has 8 aromatic rings. The van der Waals surface area contributed by atoms with Crippen molar-refractivity contribution in [2.24, 2.45) is 5.73 Å². The molecule has 6 N–H and O–H groups in total. The number of nitrogens with one attached hydrogen (secondary N) is 1. The Hall–Kier alpha value is -6.96. The van der Waals surface area contributed by atoms with Crippen molar-refractivity contribution < 1.29 is 41.7 Å². The number of carboxylic acids is 1. The van der Waals surface area contributed by atoms with E-state index in [2.05, 4.69) is 10.3 Å². The Bertz CT molecular complexity index is 3720. The smallest absolute Gasteiger partial charge is 0.356 e. The summed E-state index contributed by atoms with van der Waals surface area (Å²) in [4.78, 5) is 34.5. The third-order valence-electron chi connectivity index (χ3n) is 12.8. The highest BCUT2D eigenvalue weighted by atomic mass is 35.5.